The number of H-pyrrole nitrogens is 1. The first kappa shape index (κ1) is 10.7. The molecule has 6 heteroatoms. The van der Waals surface area contributed by atoms with Crippen LogP contribution in [0.5, 0.6) is 0 Å². The number of nitrogens with one attached hydrogen (secondary N) is 1. The summed E-state index contributed by atoms with van der Waals surface area (Å²) in [6.07, 6.45) is 4.96. The topological polar surface area (TPSA) is 86.3 Å². The van der Waals surface area contributed by atoms with Crippen LogP contribution in [-0.4, -0.2) is 44.9 Å². The number of carboxylic acids is 1. The predicted octanol–water partition coefficient (Wildman–Crippen LogP) is 0.346. The van der Waals surface area contributed by atoms with Crippen LogP contribution in [0.3, 0.4) is 0 Å². The van der Waals surface area contributed by atoms with E-state index >= 15 is 0 Å². The van der Waals surface area contributed by atoms with Crippen molar-refractivity contribution in [2.75, 3.05) is 13.1 Å². The molecule has 0 bridgehead atoms. The third-order valence-electron chi connectivity index (χ3n) is 2.52. The Morgan fingerprint density at radius 2 is 2.31 bits per heavy atom. The van der Waals surface area contributed by atoms with Crippen molar-refractivity contribution in [3.63, 3.8) is 0 Å². The van der Waals surface area contributed by atoms with Crippen LogP contribution in [0.25, 0.3) is 0 Å². The van der Waals surface area contributed by atoms with Crippen LogP contribution < -0.4 is 0 Å². The van der Waals surface area contributed by atoms with Gasteiger partial charge in [0.05, 0.1) is 12.5 Å². The minimum atomic E-state index is -0.992. The van der Waals surface area contributed by atoms with Crippen LogP contribution >= 0.6 is 0 Å². The number of rotatable bonds is 5. The van der Waals surface area contributed by atoms with E-state index in [1.807, 2.05) is 0 Å². The van der Waals surface area contributed by atoms with Crippen molar-refractivity contribution in [2.24, 2.45) is 5.92 Å². The van der Waals surface area contributed by atoms with Crippen molar-refractivity contribution in [1.29, 1.82) is 0 Å². The van der Waals surface area contributed by atoms with E-state index in [-0.39, 0.29) is 12.5 Å². The molecule has 0 atom stereocenters. The molecule has 16 heavy (non-hydrogen) atoms. The molecule has 0 aliphatic heterocycles. The number of carbonyl (C=O) groups is 2. The molecular weight excluding hydrogens is 210 g/mol. The minimum absolute atomic E-state index is 0.256. The SMILES string of the molecule is O=C(O)CN(CC1CC1)C(=O)c1cnc[nH]1. The quantitative estimate of drug-likeness (QED) is 0.754. The maximum Gasteiger partial charge on any atom is 0.323 e. The first-order valence-corrected chi connectivity index (χ1v) is 5.16. The number of aromatic nitrogens is 2. The van der Waals surface area contributed by atoms with Gasteiger partial charge in [0, 0.05) is 6.54 Å². The molecule has 1 aromatic rings. The third-order valence-corrected chi connectivity index (χ3v) is 2.52. The van der Waals surface area contributed by atoms with Crippen LogP contribution in [0.1, 0.15) is 23.3 Å². The molecule has 1 aliphatic rings. The highest BCUT2D eigenvalue weighted by Gasteiger charge is 2.28. The molecule has 1 heterocycles. The smallest absolute Gasteiger partial charge is 0.323 e. The Hall–Kier alpha value is -1.85. The van der Waals surface area contributed by atoms with Gasteiger partial charge < -0.3 is 15.0 Å². The van der Waals surface area contributed by atoms with Gasteiger partial charge >= 0.3 is 5.97 Å². The van der Waals surface area contributed by atoms with Crippen LogP contribution in [-0.2, 0) is 4.79 Å². The first-order chi connectivity index (χ1) is 7.66. The van der Waals surface area contributed by atoms with Crippen molar-refractivity contribution in [3.05, 3.63) is 18.2 Å². The molecule has 86 valence electrons. The fourth-order valence-electron chi connectivity index (χ4n) is 1.54. The lowest BCUT2D eigenvalue weighted by Crippen LogP contribution is -2.37. The van der Waals surface area contributed by atoms with Crippen molar-refractivity contribution in [3.8, 4) is 0 Å². The van der Waals surface area contributed by atoms with E-state index < -0.39 is 5.97 Å². The molecule has 0 unspecified atom stereocenters. The first-order valence-electron chi connectivity index (χ1n) is 5.16. The largest absolute Gasteiger partial charge is 0.480 e. The highest BCUT2D eigenvalue weighted by atomic mass is 16.4. The second kappa shape index (κ2) is 4.34. The van der Waals surface area contributed by atoms with Crippen LogP contribution in [0, 0.1) is 5.92 Å². The van der Waals surface area contributed by atoms with Gasteiger partial charge in [-0.3, -0.25) is 9.59 Å². The summed E-state index contributed by atoms with van der Waals surface area (Å²) in [6, 6.07) is 0. The second-order valence-corrected chi connectivity index (χ2v) is 3.99. The van der Waals surface area contributed by atoms with Crippen LogP contribution in [0.15, 0.2) is 12.5 Å². The van der Waals surface area contributed by atoms with Gasteiger partial charge in [-0.1, -0.05) is 0 Å². The van der Waals surface area contributed by atoms with Crippen molar-refractivity contribution in [2.45, 2.75) is 12.8 Å². The Bertz CT molecular complexity index is 384. The summed E-state index contributed by atoms with van der Waals surface area (Å²) in [6.45, 7) is 0.262. The second-order valence-electron chi connectivity index (χ2n) is 3.99. The van der Waals surface area contributed by atoms with Gasteiger partial charge in [0.2, 0.25) is 0 Å². The third kappa shape index (κ3) is 2.59. The summed E-state index contributed by atoms with van der Waals surface area (Å²) < 4.78 is 0. The molecule has 2 N–H and O–H groups in total. The standard InChI is InChI=1S/C10H13N3O3/c14-9(15)5-13(4-7-1-2-7)10(16)8-3-11-6-12-8/h3,6-7H,1-2,4-5H2,(H,11,12)(H,14,15). The van der Waals surface area contributed by atoms with E-state index in [0.29, 0.717) is 18.2 Å². The highest BCUT2D eigenvalue weighted by molar-refractivity contribution is 5.93. The Morgan fingerprint density at radius 1 is 1.56 bits per heavy atom. The Labute approximate surface area is 92.3 Å². The number of imidazole rings is 1. The number of aromatic amines is 1. The molecule has 0 aromatic carbocycles. The number of carboxylic acid groups (broad SMARTS) is 1. The van der Waals surface area contributed by atoms with Gasteiger partial charge in [0.25, 0.3) is 5.91 Å². The minimum Gasteiger partial charge on any atom is -0.480 e. The molecule has 1 aliphatic carbocycles. The van der Waals surface area contributed by atoms with Crippen molar-refractivity contribution < 1.29 is 14.7 Å². The van der Waals surface area contributed by atoms with Crippen molar-refractivity contribution >= 4 is 11.9 Å². The number of amides is 1. The number of hydrogen-bond acceptors (Lipinski definition) is 3. The molecule has 0 spiro atoms. The zero-order chi connectivity index (χ0) is 11.5. The summed E-state index contributed by atoms with van der Waals surface area (Å²) in [5.74, 6) is -0.827. The van der Waals surface area contributed by atoms with E-state index in [9.17, 15) is 9.59 Å². The maximum absolute atomic E-state index is 11.9. The lowest BCUT2D eigenvalue weighted by molar-refractivity contribution is -0.137. The number of aliphatic carboxylic acids is 1. The summed E-state index contributed by atoms with van der Waals surface area (Å²) in [4.78, 5) is 30.4. The molecule has 1 aromatic heterocycles. The van der Waals surface area contributed by atoms with Gasteiger partial charge in [-0.2, -0.15) is 0 Å². The molecule has 0 radical (unpaired) electrons. The molecule has 6 nitrogen and oxygen atoms in total. The van der Waals surface area contributed by atoms with Gasteiger partial charge in [-0.15, -0.1) is 0 Å². The normalized spacial score (nSPS) is 14.8. The van der Waals surface area contributed by atoms with Crippen LogP contribution in [0.2, 0.25) is 0 Å². The molecule has 2 rings (SSSR count). The Morgan fingerprint density at radius 3 is 2.81 bits per heavy atom. The zero-order valence-corrected chi connectivity index (χ0v) is 8.72. The van der Waals surface area contributed by atoms with E-state index in [1.54, 1.807) is 0 Å². The number of carbonyl (C=O) groups excluding carboxylic acids is 1. The molecular formula is C10H13N3O3. The number of nitrogens with zero attached hydrogens (tertiary/aromatic N) is 2. The van der Waals surface area contributed by atoms with E-state index in [4.69, 9.17) is 5.11 Å². The molecule has 1 fully saturated rings. The lowest BCUT2D eigenvalue weighted by Gasteiger charge is -2.19. The molecule has 1 saturated carbocycles. The lowest BCUT2D eigenvalue weighted by atomic mass is 10.3. The molecule has 0 saturated heterocycles. The van der Waals surface area contributed by atoms with E-state index in [2.05, 4.69) is 9.97 Å². The van der Waals surface area contributed by atoms with Crippen molar-refractivity contribution in [1.82, 2.24) is 14.9 Å². The van der Waals surface area contributed by atoms with Crippen LogP contribution in [0.4, 0.5) is 0 Å². The van der Waals surface area contributed by atoms with Gasteiger partial charge in [0.1, 0.15) is 12.2 Å². The highest BCUT2D eigenvalue weighted by Crippen LogP contribution is 2.29. The van der Waals surface area contributed by atoms with Gasteiger partial charge in [-0.05, 0) is 18.8 Å². The monoisotopic (exact) mass is 223 g/mol. The summed E-state index contributed by atoms with van der Waals surface area (Å²) in [5, 5.41) is 8.74. The van der Waals surface area contributed by atoms with E-state index in [0.717, 1.165) is 12.8 Å². The average molecular weight is 223 g/mol. The number of hydrogen-bond donors (Lipinski definition) is 2. The van der Waals surface area contributed by atoms with Gasteiger partial charge in [0.15, 0.2) is 0 Å². The summed E-state index contributed by atoms with van der Waals surface area (Å²) in [7, 11) is 0. The molecule has 1 amide bonds. The fraction of sp³-hybridized carbons (Fsp3) is 0.500. The van der Waals surface area contributed by atoms with Gasteiger partial charge in [-0.25, -0.2) is 4.98 Å². The average Bonchev–Trinajstić information content (AvgIpc) is 2.88. The predicted molar refractivity (Wildman–Crippen MR) is 54.9 cm³/mol. The maximum atomic E-state index is 11.9. The Kier molecular flexibility index (Phi) is 2.89. The fourth-order valence-corrected chi connectivity index (χ4v) is 1.54. The summed E-state index contributed by atoms with van der Waals surface area (Å²) in [5.41, 5.74) is 0.335. The Balaban J connectivity index is 2.04. The summed E-state index contributed by atoms with van der Waals surface area (Å²) >= 11 is 0. The zero-order valence-electron chi connectivity index (χ0n) is 8.72. The van der Waals surface area contributed by atoms with E-state index in [1.165, 1.54) is 17.4 Å².